The molecule has 0 radical (unpaired) electrons. The molecule has 1 aromatic carbocycles. The van der Waals surface area contributed by atoms with Crippen LogP contribution in [0.5, 0.6) is 5.75 Å². The fraction of sp³-hybridized carbons (Fsp3) is 0.526. The number of hydrogen-bond donors (Lipinski definition) is 1. The van der Waals surface area contributed by atoms with Crippen LogP contribution in [0.2, 0.25) is 0 Å². The number of para-hydroxylation sites is 1. The van der Waals surface area contributed by atoms with E-state index < -0.39 is 0 Å². The van der Waals surface area contributed by atoms with Crippen molar-refractivity contribution in [3.05, 3.63) is 42.0 Å². The van der Waals surface area contributed by atoms with Crippen molar-refractivity contribution >= 4 is 5.96 Å². The lowest BCUT2D eigenvalue weighted by atomic mass is 10.2. The highest BCUT2D eigenvalue weighted by molar-refractivity contribution is 5.79. The van der Waals surface area contributed by atoms with Crippen LogP contribution < -0.4 is 10.1 Å². The first-order chi connectivity index (χ1) is 12.7. The Morgan fingerprint density at radius 2 is 2.12 bits per heavy atom. The van der Waals surface area contributed by atoms with Gasteiger partial charge in [-0.1, -0.05) is 25.1 Å². The van der Waals surface area contributed by atoms with E-state index in [0.717, 1.165) is 49.2 Å². The zero-order valence-corrected chi connectivity index (χ0v) is 16.3. The predicted octanol–water partition coefficient (Wildman–Crippen LogP) is 2.13. The van der Waals surface area contributed by atoms with E-state index in [-0.39, 0.29) is 0 Å². The summed E-state index contributed by atoms with van der Waals surface area (Å²) in [4.78, 5) is 6.80. The Morgan fingerprint density at radius 3 is 2.85 bits per heavy atom. The van der Waals surface area contributed by atoms with Crippen molar-refractivity contribution in [1.82, 2.24) is 25.0 Å². The molecule has 7 nitrogen and oxygen atoms in total. The van der Waals surface area contributed by atoms with Gasteiger partial charge < -0.3 is 19.5 Å². The summed E-state index contributed by atoms with van der Waals surface area (Å²) in [6, 6.07) is 8.07. The van der Waals surface area contributed by atoms with Gasteiger partial charge in [0.05, 0.1) is 13.1 Å². The Bertz CT molecular complexity index is 697. The van der Waals surface area contributed by atoms with Crippen molar-refractivity contribution in [2.75, 3.05) is 33.3 Å². The highest BCUT2D eigenvalue weighted by Crippen LogP contribution is 2.15. The normalized spacial score (nSPS) is 11.5. The van der Waals surface area contributed by atoms with Gasteiger partial charge in [-0.05, 0) is 25.5 Å². The molecule has 2 rings (SSSR count). The lowest BCUT2D eigenvalue weighted by Crippen LogP contribution is -2.41. The van der Waals surface area contributed by atoms with Crippen molar-refractivity contribution in [3.8, 4) is 5.75 Å². The number of benzene rings is 1. The minimum absolute atomic E-state index is 0.608. The molecule has 1 aromatic heterocycles. The summed E-state index contributed by atoms with van der Waals surface area (Å²) in [6.07, 6.45) is 2.64. The highest BCUT2D eigenvalue weighted by atomic mass is 16.5. The number of aryl methyl sites for hydroxylation is 2. The fourth-order valence-electron chi connectivity index (χ4n) is 2.59. The van der Waals surface area contributed by atoms with E-state index in [4.69, 9.17) is 9.73 Å². The number of aliphatic imine (C=N–C) groups is 1. The smallest absolute Gasteiger partial charge is 0.193 e. The minimum Gasteiger partial charge on any atom is -0.491 e. The van der Waals surface area contributed by atoms with Gasteiger partial charge in [0.1, 0.15) is 24.5 Å². The maximum Gasteiger partial charge on any atom is 0.193 e. The first-order valence-corrected chi connectivity index (χ1v) is 9.20. The first kappa shape index (κ1) is 19.8. The molecule has 0 aliphatic rings. The van der Waals surface area contributed by atoms with Crippen molar-refractivity contribution in [2.24, 2.45) is 4.99 Å². The lowest BCUT2D eigenvalue weighted by Gasteiger charge is -2.22. The van der Waals surface area contributed by atoms with Crippen LogP contribution in [0.3, 0.4) is 0 Å². The van der Waals surface area contributed by atoms with Crippen molar-refractivity contribution in [3.63, 3.8) is 0 Å². The molecule has 0 bridgehead atoms. The second kappa shape index (κ2) is 10.4. The third-order valence-electron chi connectivity index (χ3n) is 4.09. The molecule has 1 heterocycles. The van der Waals surface area contributed by atoms with Crippen molar-refractivity contribution < 1.29 is 4.74 Å². The van der Waals surface area contributed by atoms with Crippen LogP contribution in [0.25, 0.3) is 0 Å². The second-order valence-corrected chi connectivity index (χ2v) is 6.07. The minimum atomic E-state index is 0.608. The zero-order valence-electron chi connectivity index (χ0n) is 16.3. The van der Waals surface area contributed by atoms with Crippen LogP contribution in [-0.4, -0.2) is 58.9 Å². The van der Waals surface area contributed by atoms with Gasteiger partial charge in [0.2, 0.25) is 0 Å². The molecule has 0 atom stereocenters. The van der Waals surface area contributed by atoms with E-state index in [1.165, 1.54) is 0 Å². The summed E-state index contributed by atoms with van der Waals surface area (Å²) in [5, 5.41) is 11.4. The van der Waals surface area contributed by atoms with E-state index in [1.54, 1.807) is 6.33 Å². The lowest BCUT2D eigenvalue weighted by molar-refractivity contribution is 0.280. The molecule has 0 fully saturated rings. The van der Waals surface area contributed by atoms with Gasteiger partial charge in [-0.3, -0.25) is 4.99 Å². The Labute approximate surface area is 156 Å². The molecule has 0 aliphatic heterocycles. The van der Waals surface area contributed by atoms with Gasteiger partial charge in [-0.15, -0.1) is 10.2 Å². The number of nitrogens with zero attached hydrogens (tertiary/aromatic N) is 5. The Kier molecular flexibility index (Phi) is 7.92. The topological polar surface area (TPSA) is 67.6 Å². The average molecular weight is 358 g/mol. The summed E-state index contributed by atoms with van der Waals surface area (Å²) in [5.74, 6) is 2.81. The van der Waals surface area contributed by atoms with E-state index in [0.29, 0.717) is 13.2 Å². The molecule has 0 saturated carbocycles. The summed E-state index contributed by atoms with van der Waals surface area (Å²) in [6.45, 7) is 9.85. The maximum absolute atomic E-state index is 5.88. The third-order valence-corrected chi connectivity index (χ3v) is 4.09. The van der Waals surface area contributed by atoms with Crippen LogP contribution in [0.15, 0.2) is 35.6 Å². The summed E-state index contributed by atoms with van der Waals surface area (Å²) >= 11 is 0. The van der Waals surface area contributed by atoms with Gasteiger partial charge in [0.25, 0.3) is 0 Å². The van der Waals surface area contributed by atoms with Gasteiger partial charge in [-0.2, -0.15) is 0 Å². The Hall–Kier alpha value is -2.57. The predicted molar refractivity (Wildman–Crippen MR) is 105 cm³/mol. The van der Waals surface area contributed by atoms with Gasteiger partial charge in [0.15, 0.2) is 5.96 Å². The van der Waals surface area contributed by atoms with Crippen LogP contribution in [0, 0.1) is 6.92 Å². The number of likely N-dealkylation sites (N-methyl/N-ethyl adjacent to an activating group) is 1. The molecule has 0 spiro atoms. The molecule has 26 heavy (non-hydrogen) atoms. The molecule has 7 heteroatoms. The maximum atomic E-state index is 5.88. The molecule has 2 aromatic rings. The Morgan fingerprint density at radius 1 is 1.31 bits per heavy atom. The first-order valence-electron chi connectivity index (χ1n) is 9.20. The largest absolute Gasteiger partial charge is 0.491 e. The Balaban J connectivity index is 1.85. The fourth-order valence-corrected chi connectivity index (χ4v) is 2.59. The number of ether oxygens (including phenoxy) is 1. The van der Waals surface area contributed by atoms with Crippen LogP contribution in [-0.2, 0) is 13.0 Å². The number of guanidine groups is 1. The highest BCUT2D eigenvalue weighted by Gasteiger charge is 2.07. The molecular formula is C19H30N6O. The number of rotatable bonds is 9. The van der Waals surface area contributed by atoms with Gasteiger partial charge >= 0.3 is 0 Å². The van der Waals surface area contributed by atoms with E-state index in [2.05, 4.69) is 47.3 Å². The molecule has 0 saturated heterocycles. The average Bonchev–Trinajstić information content (AvgIpc) is 3.10. The standard InChI is InChI=1S/C19H30N6O/c1-5-18-23-22-15-25(18)12-11-21-19(20-6-2)24(4)13-14-26-17-10-8-7-9-16(17)3/h7-10,15H,5-6,11-14H2,1-4H3,(H,20,21). The molecule has 0 amide bonds. The van der Waals surface area contributed by atoms with E-state index in [1.807, 2.05) is 29.8 Å². The molecule has 1 N–H and O–H groups in total. The molecule has 0 aliphatic carbocycles. The summed E-state index contributed by atoms with van der Waals surface area (Å²) in [7, 11) is 2.03. The van der Waals surface area contributed by atoms with Crippen LogP contribution in [0.4, 0.5) is 0 Å². The van der Waals surface area contributed by atoms with Crippen molar-refractivity contribution in [1.29, 1.82) is 0 Å². The third kappa shape index (κ3) is 5.75. The quantitative estimate of drug-likeness (QED) is 0.549. The summed E-state index contributed by atoms with van der Waals surface area (Å²) < 4.78 is 7.93. The van der Waals surface area contributed by atoms with Crippen LogP contribution >= 0.6 is 0 Å². The number of aromatic nitrogens is 3. The van der Waals surface area contributed by atoms with Crippen molar-refractivity contribution in [2.45, 2.75) is 33.7 Å². The monoisotopic (exact) mass is 358 g/mol. The van der Waals surface area contributed by atoms with Gasteiger partial charge in [0, 0.05) is 26.6 Å². The number of hydrogen-bond acceptors (Lipinski definition) is 4. The van der Waals surface area contributed by atoms with Crippen LogP contribution in [0.1, 0.15) is 25.2 Å². The second-order valence-electron chi connectivity index (χ2n) is 6.07. The zero-order chi connectivity index (χ0) is 18.8. The summed E-state index contributed by atoms with van der Waals surface area (Å²) in [5.41, 5.74) is 1.15. The SMILES string of the molecule is CCNC(=NCCn1cnnc1CC)N(C)CCOc1ccccc1C. The number of nitrogens with one attached hydrogen (secondary N) is 1. The molecule has 0 unspecified atom stereocenters. The van der Waals surface area contributed by atoms with Gasteiger partial charge in [-0.25, -0.2) is 0 Å². The molecular weight excluding hydrogens is 328 g/mol. The van der Waals surface area contributed by atoms with E-state index in [9.17, 15) is 0 Å². The molecule has 142 valence electrons. The van der Waals surface area contributed by atoms with E-state index >= 15 is 0 Å².